The van der Waals surface area contributed by atoms with Crippen molar-refractivity contribution in [3.63, 3.8) is 0 Å². The third kappa shape index (κ3) is 1.81. The van der Waals surface area contributed by atoms with Gasteiger partial charge in [-0.1, -0.05) is 28.4 Å². The second-order valence-corrected chi connectivity index (χ2v) is 5.55. The van der Waals surface area contributed by atoms with Gasteiger partial charge in [0.2, 0.25) is 0 Å². The lowest BCUT2D eigenvalue weighted by molar-refractivity contribution is 0.420. The molecule has 1 aliphatic carbocycles. The number of alkyl halides is 1. The molecule has 0 aromatic carbocycles. The topological polar surface area (TPSA) is 38.9 Å². The third-order valence-corrected chi connectivity index (χ3v) is 4.43. The SMILES string of the molecule is ClCC1(c2conc2-c2c(Cl)cncc2Cl)CC1. The molecule has 1 aliphatic rings. The molecule has 0 bridgehead atoms. The molecule has 18 heavy (non-hydrogen) atoms. The minimum atomic E-state index is -0.0349. The number of hydrogen-bond acceptors (Lipinski definition) is 3. The van der Waals surface area contributed by atoms with Crippen molar-refractivity contribution in [3.05, 3.63) is 34.3 Å². The van der Waals surface area contributed by atoms with Crippen molar-refractivity contribution >= 4 is 34.8 Å². The molecular weight excluding hydrogens is 295 g/mol. The van der Waals surface area contributed by atoms with Crippen molar-refractivity contribution < 1.29 is 4.52 Å². The Hall–Kier alpha value is -0.770. The van der Waals surface area contributed by atoms with E-state index >= 15 is 0 Å². The van der Waals surface area contributed by atoms with Crippen molar-refractivity contribution in [3.8, 4) is 11.3 Å². The minimum absolute atomic E-state index is 0.0349. The molecule has 3 nitrogen and oxygen atoms in total. The van der Waals surface area contributed by atoms with Crippen LogP contribution in [0.4, 0.5) is 0 Å². The molecule has 1 saturated carbocycles. The van der Waals surface area contributed by atoms with Crippen LogP contribution in [0.3, 0.4) is 0 Å². The molecule has 6 heteroatoms. The Morgan fingerprint density at radius 3 is 2.44 bits per heavy atom. The van der Waals surface area contributed by atoms with Gasteiger partial charge in [-0.3, -0.25) is 4.98 Å². The number of nitrogens with zero attached hydrogens (tertiary/aromatic N) is 2. The molecule has 94 valence electrons. The highest BCUT2D eigenvalue weighted by Gasteiger charge is 2.47. The standard InChI is InChI=1S/C12H9Cl3N2O/c13-6-12(1-2-12)7-5-18-17-11(7)10-8(14)3-16-4-9(10)15/h3-5H,1-2,6H2. The summed E-state index contributed by atoms with van der Waals surface area (Å²) in [7, 11) is 0. The van der Waals surface area contributed by atoms with Crippen LogP contribution >= 0.6 is 34.8 Å². The van der Waals surface area contributed by atoms with Crippen molar-refractivity contribution in [1.29, 1.82) is 0 Å². The highest BCUT2D eigenvalue weighted by molar-refractivity contribution is 6.38. The number of rotatable bonds is 3. The second-order valence-electron chi connectivity index (χ2n) is 4.47. The summed E-state index contributed by atoms with van der Waals surface area (Å²) in [5.74, 6) is 0.543. The van der Waals surface area contributed by atoms with Gasteiger partial charge in [-0.15, -0.1) is 11.6 Å². The van der Waals surface area contributed by atoms with Crippen LogP contribution in [0.25, 0.3) is 11.3 Å². The lowest BCUT2D eigenvalue weighted by atomic mass is 9.96. The fourth-order valence-corrected chi connectivity index (χ4v) is 3.01. The van der Waals surface area contributed by atoms with E-state index in [1.165, 1.54) is 0 Å². The van der Waals surface area contributed by atoms with E-state index in [0.717, 1.165) is 18.4 Å². The van der Waals surface area contributed by atoms with Crippen LogP contribution in [0.2, 0.25) is 10.0 Å². The van der Waals surface area contributed by atoms with Gasteiger partial charge in [0, 0.05) is 34.8 Å². The quantitative estimate of drug-likeness (QED) is 0.793. The number of halogens is 3. The molecule has 1 fully saturated rings. The summed E-state index contributed by atoms with van der Waals surface area (Å²) in [6.07, 6.45) is 6.79. The number of aromatic nitrogens is 2. The Morgan fingerprint density at radius 2 is 1.89 bits per heavy atom. The zero-order valence-corrected chi connectivity index (χ0v) is 11.6. The lowest BCUT2D eigenvalue weighted by Gasteiger charge is -2.11. The van der Waals surface area contributed by atoms with Gasteiger partial charge in [-0.05, 0) is 12.8 Å². The van der Waals surface area contributed by atoms with Gasteiger partial charge >= 0.3 is 0 Å². The van der Waals surface area contributed by atoms with Crippen LogP contribution in [0.15, 0.2) is 23.2 Å². The van der Waals surface area contributed by atoms with Gasteiger partial charge in [-0.2, -0.15) is 0 Å². The first-order chi connectivity index (χ1) is 8.68. The average molecular weight is 304 g/mol. The van der Waals surface area contributed by atoms with Crippen LogP contribution < -0.4 is 0 Å². The van der Waals surface area contributed by atoms with Crippen molar-refractivity contribution in [1.82, 2.24) is 10.1 Å². The molecule has 0 saturated heterocycles. The fourth-order valence-electron chi connectivity index (χ4n) is 2.06. The highest BCUT2D eigenvalue weighted by Crippen LogP contribution is 2.52. The summed E-state index contributed by atoms with van der Waals surface area (Å²) in [5, 5.41) is 4.95. The molecule has 0 N–H and O–H groups in total. The molecule has 2 heterocycles. The smallest absolute Gasteiger partial charge is 0.128 e. The number of pyridine rings is 1. The summed E-state index contributed by atoms with van der Waals surface area (Å²) in [5.41, 5.74) is 2.28. The van der Waals surface area contributed by atoms with Gasteiger partial charge in [0.1, 0.15) is 12.0 Å². The fraction of sp³-hybridized carbons (Fsp3) is 0.333. The van der Waals surface area contributed by atoms with Gasteiger partial charge in [0.25, 0.3) is 0 Å². The van der Waals surface area contributed by atoms with Crippen molar-refractivity contribution in [2.24, 2.45) is 0 Å². The predicted molar refractivity (Wildman–Crippen MR) is 71.4 cm³/mol. The van der Waals surface area contributed by atoms with E-state index in [-0.39, 0.29) is 5.41 Å². The average Bonchev–Trinajstić information content (AvgIpc) is 3.01. The molecule has 0 amide bonds. The van der Waals surface area contributed by atoms with Crippen LogP contribution in [0.5, 0.6) is 0 Å². The van der Waals surface area contributed by atoms with Gasteiger partial charge in [0.05, 0.1) is 10.0 Å². The van der Waals surface area contributed by atoms with E-state index in [4.69, 9.17) is 39.3 Å². The molecule has 0 unspecified atom stereocenters. The zero-order chi connectivity index (χ0) is 12.8. The van der Waals surface area contributed by atoms with Gasteiger partial charge < -0.3 is 4.52 Å². The summed E-state index contributed by atoms with van der Waals surface area (Å²) < 4.78 is 5.09. The molecule has 0 radical (unpaired) electrons. The third-order valence-electron chi connectivity index (χ3n) is 3.34. The molecule has 3 rings (SSSR count). The Kier molecular flexibility index (Phi) is 3.00. The summed E-state index contributed by atoms with van der Waals surface area (Å²) in [4.78, 5) is 3.93. The molecule has 2 aromatic rings. The zero-order valence-electron chi connectivity index (χ0n) is 9.29. The van der Waals surface area contributed by atoms with Crippen LogP contribution in [0, 0.1) is 0 Å². The minimum Gasteiger partial charge on any atom is -0.364 e. The van der Waals surface area contributed by atoms with E-state index < -0.39 is 0 Å². The van der Waals surface area contributed by atoms with Crippen LogP contribution in [-0.4, -0.2) is 16.0 Å². The maximum atomic E-state index is 6.15. The molecular formula is C12H9Cl3N2O. The second kappa shape index (κ2) is 4.41. The molecule has 0 aliphatic heterocycles. The van der Waals surface area contributed by atoms with Crippen molar-refractivity contribution in [2.75, 3.05) is 5.88 Å². The Morgan fingerprint density at radius 1 is 1.22 bits per heavy atom. The monoisotopic (exact) mass is 302 g/mol. The summed E-state index contributed by atoms with van der Waals surface area (Å²) in [6, 6.07) is 0. The van der Waals surface area contributed by atoms with E-state index in [1.807, 2.05) is 0 Å². The Labute approximate surface area is 119 Å². The maximum absolute atomic E-state index is 6.15. The van der Waals surface area contributed by atoms with E-state index in [2.05, 4.69) is 10.1 Å². The molecule has 2 aromatic heterocycles. The van der Waals surface area contributed by atoms with Crippen LogP contribution in [0.1, 0.15) is 18.4 Å². The first-order valence-corrected chi connectivity index (χ1v) is 6.77. The molecule has 0 spiro atoms. The highest BCUT2D eigenvalue weighted by atomic mass is 35.5. The largest absolute Gasteiger partial charge is 0.364 e. The molecule has 0 atom stereocenters. The normalized spacial score (nSPS) is 16.8. The predicted octanol–water partition coefficient (Wildman–Crippen LogP) is 4.31. The first-order valence-electron chi connectivity index (χ1n) is 5.48. The first kappa shape index (κ1) is 12.3. The lowest BCUT2D eigenvalue weighted by Crippen LogP contribution is -2.08. The van der Waals surface area contributed by atoms with E-state index in [1.54, 1.807) is 18.7 Å². The Balaban J connectivity index is 2.17. The summed E-state index contributed by atoms with van der Waals surface area (Å²) in [6.45, 7) is 0. The Bertz CT molecular complexity index is 573. The number of hydrogen-bond donors (Lipinski definition) is 0. The summed E-state index contributed by atoms with van der Waals surface area (Å²) >= 11 is 18.3. The van der Waals surface area contributed by atoms with Crippen molar-refractivity contribution in [2.45, 2.75) is 18.3 Å². The maximum Gasteiger partial charge on any atom is 0.128 e. The van der Waals surface area contributed by atoms with Crippen LogP contribution in [-0.2, 0) is 5.41 Å². The van der Waals surface area contributed by atoms with Gasteiger partial charge in [-0.25, -0.2) is 0 Å². The van der Waals surface area contributed by atoms with E-state index in [0.29, 0.717) is 27.2 Å². The van der Waals surface area contributed by atoms with Gasteiger partial charge in [0.15, 0.2) is 0 Å². The van der Waals surface area contributed by atoms with E-state index in [9.17, 15) is 0 Å².